The average Bonchev–Trinajstić information content (AvgIpc) is 2.72. The van der Waals surface area contributed by atoms with Crippen LogP contribution in [0.2, 0.25) is 0 Å². The summed E-state index contributed by atoms with van der Waals surface area (Å²) in [6.45, 7) is 2.99. The molecule has 0 atom stereocenters. The quantitative estimate of drug-likeness (QED) is 0.331. The highest BCUT2D eigenvalue weighted by Crippen LogP contribution is 2.41. The molecule has 0 aromatic heterocycles. The monoisotopic (exact) mass is 370 g/mol. The van der Waals surface area contributed by atoms with Gasteiger partial charge < -0.3 is 14.2 Å². The van der Waals surface area contributed by atoms with E-state index in [1.807, 2.05) is 36.4 Å². The SMILES string of the molecule is CCCCCCCCOc1ccc(-c2cc(OC)c(N=N)c(OC)c2)cc1. The normalized spacial score (nSPS) is 10.5. The fraction of sp³-hybridized carbons (Fsp3) is 0.455. The van der Waals surface area contributed by atoms with Crippen molar-refractivity contribution in [1.29, 1.82) is 5.53 Å². The zero-order chi connectivity index (χ0) is 19.5. The number of unbranched alkanes of at least 4 members (excludes halogenated alkanes) is 5. The highest BCUT2D eigenvalue weighted by Gasteiger charge is 2.13. The fourth-order valence-corrected chi connectivity index (χ4v) is 2.99. The van der Waals surface area contributed by atoms with E-state index in [1.165, 1.54) is 32.1 Å². The van der Waals surface area contributed by atoms with Gasteiger partial charge in [0.05, 0.1) is 20.8 Å². The third-order valence-corrected chi connectivity index (χ3v) is 4.55. The van der Waals surface area contributed by atoms with Crippen molar-refractivity contribution in [2.75, 3.05) is 20.8 Å². The summed E-state index contributed by atoms with van der Waals surface area (Å²) >= 11 is 0. The van der Waals surface area contributed by atoms with Gasteiger partial charge in [0.1, 0.15) is 5.75 Å². The molecule has 146 valence electrons. The molecule has 0 amide bonds. The van der Waals surface area contributed by atoms with E-state index >= 15 is 0 Å². The largest absolute Gasteiger partial charge is 0.494 e. The molecule has 0 aliphatic heterocycles. The molecule has 27 heavy (non-hydrogen) atoms. The number of ether oxygens (including phenoxy) is 3. The number of hydrogen-bond donors (Lipinski definition) is 1. The minimum Gasteiger partial charge on any atom is -0.494 e. The molecule has 0 aliphatic rings. The zero-order valence-electron chi connectivity index (χ0n) is 16.6. The predicted molar refractivity (Wildman–Crippen MR) is 109 cm³/mol. The Balaban J connectivity index is 1.97. The maximum atomic E-state index is 7.31. The number of rotatable bonds is 12. The predicted octanol–water partition coefficient (Wildman–Crippen LogP) is 6.77. The molecule has 1 N–H and O–H groups in total. The van der Waals surface area contributed by atoms with Gasteiger partial charge >= 0.3 is 0 Å². The first kappa shape index (κ1) is 20.7. The number of methoxy groups -OCH3 is 2. The Hall–Kier alpha value is -2.56. The van der Waals surface area contributed by atoms with Crippen molar-refractivity contribution in [2.24, 2.45) is 5.11 Å². The molecule has 0 bridgehead atoms. The summed E-state index contributed by atoms with van der Waals surface area (Å²) in [5.74, 6) is 1.91. The Morgan fingerprint density at radius 1 is 0.815 bits per heavy atom. The highest BCUT2D eigenvalue weighted by molar-refractivity contribution is 5.75. The first-order valence-corrected chi connectivity index (χ1v) is 9.60. The van der Waals surface area contributed by atoms with E-state index in [0.29, 0.717) is 17.2 Å². The van der Waals surface area contributed by atoms with Gasteiger partial charge in [0.25, 0.3) is 0 Å². The summed E-state index contributed by atoms with van der Waals surface area (Å²) < 4.78 is 16.5. The molecule has 0 fully saturated rings. The van der Waals surface area contributed by atoms with Crippen LogP contribution in [0.15, 0.2) is 41.5 Å². The lowest BCUT2D eigenvalue weighted by Gasteiger charge is -2.12. The minimum absolute atomic E-state index is 0.391. The van der Waals surface area contributed by atoms with Crippen LogP contribution in [-0.4, -0.2) is 20.8 Å². The highest BCUT2D eigenvalue weighted by atomic mass is 16.5. The van der Waals surface area contributed by atoms with Crippen LogP contribution in [0.4, 0.5) is 5.69 Å². The van der Waals surface area contributed by atoms with Gasteiger partial charge in [-0.2, -0.15) is 5.11 Å². The number of benzene rings is 2. The summed E-state index contributed by atoms with van der Waals surface area (Å²) in [7, 11) is 3.12. The van der Waals surface area contributed by atoms with Crippen molar-refractivity contribution in [3.8, 4) is 28.4 Å². The van der Waals surface area contributed by atoms with Gasteiger partial charge in [-0.25, -0.2) is 5.53 Å². The Morgan fingerprint density at radius 3 is 1.96 bits per heavy atom. The molecule has 5 nitrogen and oxygen atoms in total. The van der Waals surface area contributed by atoms with E-state index < -0.39 is 0 Å². The Labute approximate surface area is 162 Å². The van der Waals surface area contributed by atoms with E-state index in [9.17, 15) is 0 Å². The molecule has 0 radical (unpaired) electrons. The molecule has 0 spiro atoms. The molecule has 0 heterocycles. The van der Waals surface area contributed by atoms with E-state index in [4.69, 9.17) is 19.7 Å². The van der Waals surface area contributed by atoms with Crippen LogP contribution in [0, 0.1) is 5.53 Å². The minimum atomic E-state index is 0.391. The van der Waals surface area contributed by atoms with Crippen LogP contribution >= 0.6 is 0 Å². The topological polar surface area (TPSA) is 63.9 Å². The molecule has 0 saturated carbocycles. The zero-order valence-corrected chi connectivity index (χ0v) is 16.6. The average molecular weight is 370 g/mol. The van der Waals surface area contributed by atoms with Crippen LogP contribution in [0.1, 0.15) is 45.4 Å². The van der Waals surface area contributed by atoms with Gasteiger partial charge in [-0.05, 0) is 41.8 Å². The smallest absolute Gasteiger partial charge is 0.169 e. The van der Waals surface area contributed by atoms with Crippen molar-refractivity contribution in [3.05, 3.63) is 36.4 Å². The maximum Gasteiger partial charge on any atom is 0.169 e. The van der Waals surface area contributed by atoms with Gasteiger partial charge in [0, 0.05) is 0 Å². The van der Waals surface area contributed by atoms with Crippen LogP contribution in [0.25, 0.3) is 11.1 Å². The Morgan fingerprint density at radius 2 is 1.41 bits per heavy atom. The van der Waals surface area contributed by atoms with Gasteiger partial charge in [0.15, 0.2) is 17.2 Å². The van der Waals surface area contributed by atoms with Crippen LogP contribution in [0.3, 0.4) is 0 Å². The van der Waals surface area contributed by atoms with Crippen LogP contribution in [0.5, 0.6) is 17.2 Å². The van der Waals surface area contributed by atoms with Gasteiger partial charge in [-0.1, -0.05) is 51.2 Å². The molecule has 5 heteroatoms. The maximum absolute atomic E-state index is 7.31. The second-order valence-electron chi connectivity index (χ2n) is 6.48. The molecule has 2 aromatic rings. The lowest BCUT2D eigenvalue weighted by Crippen LogP contribution is -1.97. The third-order valence-electron chi connectivity index (χ3n) is 4.55. The first-order chi connectivity index (χ1) is 13.2. The van der Waals surface area contributed by atoms with Crippen molar-refractivity contribution in [3.63, 3.8) is 0 Å². The molecule has 2 rings (SSSR count). The number of hydrogen-bond acceptors (Lipinski definition) is 5. The second-order valence-corrected chi connectivity index (χ2v) is 6.48. The van der Waals surface area contributed by atoms with E-state index in [-0.39, 0.29) is 0 Å². The molecule has 0 unspecified atom stereocenters. The summed E-state index contributed by atoms with van der Waals surface area (Å²) in [5, 5.41) is 3.51. The molecular weight excluding hydrogens is 340 g/mol. The Bertz CT molecular complexity index is 689. The lowest BCUT2D eigenvalue weighted by molar-refractivity contribution is 0.304. The van der Waals surface area contributed by atoms with Crippen LogP contribution in [-0.2, 0) is 0 Å². The van der Waals surface area contributed by atoms with E-state index in [2.05, 4.69) is 12.0 Å². The van der Waals surface area contributed by atoms with E-state index in [1.54, 1.807) is 14.2 Å². The summed E-state index contributed by atoms with van der Waals surface area (Å²) in [4.78, 5) is 0. The summed E-state index contributed by atoms with van der Waals surface area (Å²) in [6.07, 6.45) is 7.55. The van der Waals surface area contributed by atoms with Gasteiger partial charge in [-0.3, -0.25) is 0 Å². The van der Waals surface area contributed by atoms with Crippen molar-refractivity contribution < 1.29 is 14.2 Å². The standard InChI is InChI=1S/C22H30N2O3/c1-4-5-6-7-8-9-14-27-19-12-10-17(11-13-19)18-15-20(25-2)22(24-23)21(16-18)26-3/h10-13,15-16,23H,4-9,14H2,1-3H3. The molecular formula is C22H30N2O3. The van der Waals surface area contributed by atoms with Gasteiger partial charge in [-0.15, -0.1) is 0 Å². The van der Waals surface area contributed by atoms with Gasteiger partial charge in [0.2, 0.25) is 0 Å². The van der Waals surface area contributed by atoms with Crippen molar-refractivity contribution >= 4 is 5.69 Å². The first-order valence-electron chi connectivity index (χ1n) is 9.60. The number of nitrogens with one attached hydrogen (secondary N) is 1. The van der Waals surface area contributed by atoms with Crippen molar-refractivity contribution in [1.82, 2.24) is 0 Å². The molecule has 2 aromatic carbocycles. The van der Waals surface area contributed by atoms with Crippen molar-refractivity contribution in [2.45, 2.75) is 45.4 Å². The van der Waals surface area contributed by atoms with E-state index in [0.717, 1.165) is 29.9 Å². The Kier molecular flexibility index (Phi) is 8.62. The fourth-order valence-electron chi connectivity index (χ4n) is 2.99. The second kappa shape index (κ2) is 11.2. The number of nitrogens with zero attached hydrogens (tertiary/aromatic N) is 1. The third kappa shape index (κ3) is 5.98. The lowest BCUT2D eigenvalue weighted by atomic mass is 10.0. The summed E-state index contributed by atoms with van der Waals surface area (Å²) in [6, 6.07) is 11.7. The molecule has 0 saturated heterocycles. The van der Waals surface area contributed by atoms with Crippen LogP contribution < -0.4 is 14.2 Å². The summed E-state index contributed by atoms with van der Waals surface area (Å²) in [5.41, 5.74) is 9.67. The molecule has 0 aliphatic carbocycles.